The SMILES string of the molecule is C/C(=N\NC(=O)c1cc(-c2ccc(OCc3ccc(Cl)cc3)cc2)n[nH]1)c1ccc2ccccc2c1. The van der Waals surface area contributed by atoms with Gasteiger partial charge in [-0.15, -0.1) is 0 Å². The summed E-state index contributed by atoms with van der Waals surface area (Å²) in [5.74, 6) is 0.373. The molecular weight excluding hydrogens is 472 g/mol. The van der Waals surface area contributed by atoms with Crippen molar-refractivity contribution >= 4 is 34.0 Å². The molecule has 5 rings (SSSR count). The highest BCUT2D eigenvalue weighted by molar-refractivity contribution is 6.30. The Hall–Kier alpha value is -4.42. The maximum absolute atomic E-state index is 12.6. The smallest absolute Gasteiger partial charge is 0.289 e. The molecule has 1 heterocycles. The number of hydrogen-bond acceptors (Lipinski definition) is 4. The van der Waals surface area contributed by atoms with E-state index < -0.39 is 0 Å². The number of H-pyrrole nitrogens is 1. The molecule has 0 saturated heterocycles. The Labute approximate surface area is 213 Å². The van der Waals surface area contributed by atoms with Crippen LogP contribution < -0.4 is 10.2 Å². The van der Waals surface area contributed by atoms with E-state index in [1.165, 1.54) is 0 Å². The van der Waals surface area contributed by atoms with Crippen molar-refractivity contribution in [3.05, 3.63) is 119 Å². The van der Waals surface area contributed by atoms with Gasteiger partial charge in [0.1, 0.15) is 18.1 Å². The number of rotatable bonds is 7. The number of hydrazone groups is 1. The van der Waals surface area contributed by atoms with Crippen LogP contribution >= 0.6 is 11.6 Å². The summed E-state index contributed by atoms with van der Waals surface area (Å²) in [4.78, 5) is 12.6. The largest absolute Gasteiger partial charge is 0.489 e. The zero-order valence-corrected chi connectivity index (χ0v) is 20.3. The van der Waals surface area contributed by atoms with Crippen molar-refractivity contribution in [2.45, 2.75) is 13.5 Å². The third kappa shape index (κ3) is 5.45. The lowest BCUT2D eigenvalue weighted by Crippen LogP contribution is -2.19. The van der Waals surface area contributed by atoms with Crippen LogP contribution in [0.2, 0.25) is 5.02 Å². The second-order valence-electron chi connectivity index (χ2n) is 8.31. The molecule has 2 N–H and O–H groups in total. The fraction of sp³-hybridized carbons (Fsp3) is 0.0690. The van der Waals surface area contributed by atoms with E-state index in [4.69, 9.17) is 16.3 Å². The van der Waals surface area contributed by atoms with Crippen molar-refractivity contribution in [3.63, 3.8) is 0 Å². The molecule has 0 fully saturated rings. The van der Waals surface area contributed by atoms with Crippen LogP contribution in [-0.4, -0.2) is 21.8 Å². The predicted octanol–water partition coefficient (Wildman–Crippen LogP) is 6.62. The number of aromatic amines is 1. The van der Waals surface area contributed by atoms with Gasteiger partial charge in [-0.25, -0.2) is 5.43 Å². The Morgan fingerprint density at radius 3 is 2.47 bits per heavy atom. The minimum Gasteiger partial charge on any atom is -0.489 e. The molecule has 0 unspecified atom stereocenters. The number of benzene rings is 4. The average Bonchev–Trinajstić information content (AvgIpc) is 3.42. The summed E-state index contributed by atoms with van der Waals surface area (Å²) in [6.07, 6.45) is 0. The van der Waals surface area contributed by atoms with Crippen LogP contribution in [-0.2, 0) is 6.61 Å². The van der Waals surface area contributed by atoms with Crippen molar-refractivity contribution < 1.29 is 9.53 Å². The maximum Gasteiger partial charge on any atom is 0.289 e. The Bertz CT molecular complexity index is 1540. The first-order valence-corrected chi connectivity index (χ1v) is 11.8. The van der Waals surface area contributed by atoms with Gasteiger partial charge in [-0.2, -0.15) is 10.2 Å². The molecule has 0 radical (unpaired) electrons. The van der Waals surface area contributed by atoms with Gasteiger partial charge in [0.2, 0.25) is 0 Å². The van der Waals surface area contributed by atoms with Gasteiger partial charge in [0.25, 0.3) is 5.91 Å². The van der Waals surface area contributed by atoms with Crippen molar-refractivity contribution in [1.29, 1.82) is 0 Å². The average molecular weight is 495 g/mol. The molecule has 0 spiro atoms. The number of amides is 1. The van der Waals surface area contributed by atoms with E-state index in [9.17, 15) is 4.79 Å². The van der Waals surface area contributed by atoms with E-state index in [0.29, 0.717) is 28.7 Å². The molecule has 0 aliphatic rings. The number of halogens is 1. The van der Waals surface area contributed by atoms with Gasteiger partial charge in [0.05, 0.1) is 11.4 Å². The van der Waals surface area contributed by atoms with Crippen LogP contribution in [0, 0.1) is 0 Å². The molecule has 0 atom stereocenters. The molecule has 36 heavy (non-hydrogen) atoms. The van der Waals surface area contributed by atoms with E-state index in [1.807, 2.05) is 79.7 Å². The molecule has 0 aliphatic heterocycles. The highest BCUT2D eigenvalue weighted by Crippen LogP contribution is 2.22. The van der Waals surface area contributed by atoms with Crippen LogP contribution in [0.3, 0.4) is 0 Å². The molecule has 6 nitrogen and oxygen atoms in total. The number of carbonyl (C=O) groups excluding carboxylic acids is 1. The number of fused-ring (bicyclic) bond motifs is 1. The molecule has 0 bridgehead atoms. The van der Waals surface area contributed by atoms with Crippen molar-refractivity contribution in [2.24, 2.45) is 5.10 Å². The Morgan fingerprint density at radius 2 is 1.69 bits per heavy atom. The normalized spacial score (nSPS) is 11.4. The van der Waals surface area contributed by atoms with Gasteiger partial charge < -0.3 is 4.74 Å². The third-order valence-corrected chi connectivity index (χ3v) is 6.04. The van der Waals surface area contributed by atoms with Gasteiger partial charge in [-0.3, -0.25) is 9.89 Å². The van der Waals surface area contributed by atoms with E-state index in [-0.39, 0.29) is 5.91 Å². The molecule has 5 aromatic rings. The second kappa shape index (κ2) is 10.5. The van der Waals surface area contributed by atoms with Crippen LogP contribution in [0.4, 0.5) is 0 Å². The Morgan fingerprint density at radius 1 is 0.944 bits per heavy atom. The van der Waals surface area contributed by atoms with Crippen molar-refractivity contribution in [3.8, 4) is 17.0 Å². The Balaban J connectivity index is 1.21. The van der Waals surface area contributed by atoms with E-state index in [0.717, 1.165) is 33.2 Å². The van der Waals surface area contributed by atoms with E-state index in [2.05, 4.69) is 38.9 Å². The first kappa shape index (κ1) is 23.3. The summed E-state index contributed by atoms with van der Waals surface area (Å²) in [6, 6.07) is 31.0. The van der Waals surface area contributed by atoms with Gasteiger partial charge in [-0.05, 0) is 77.4 Å². The third-order valence-electron chi connectivity index (χ3n) is 5.78. The minimum absolute atomic E-state index is 0.322. The summed E-state index contributed by atoms with van der Waals surface area (Å²) in [5.41, 5.74) is 7.13. The molecule has 0 saturated carbocycles. The molecule has 0 aliphatic carbocycles. The van der Waals surface area contributed by atoms with Gasteiger partial charge in [-0.1, -0.05) is 60.1 Å². The molecular formula is C29H23ClN4O2. The van der Waals surface area contributed by atoms with Gasteiger partial charge in [0, 0.05) is 10.6 Å². The molecule has 178 valence electrons. The van der Waals surface area contributed by atoms with Gasteiger partial charge >= 0.3 is 0 Å². The van der Waals surface area contributed by atoms with Gasteiger partial charge in [0.15, 0.2) is 0 Å². The highest BCUT2D eigenvalue weighted by atomic mass is 35.5. The lowest BCUT2D eigenvalue weighted by atomic mass is 10.0. The monoisotopic (exact) mass is 494 g/mol. The number of aromatic nitrogens is 2. The fourth-order valence-electron chi connectivity index (χ4n) is 3.73. The van der Waals surface area contributed by atoms with E-state index >= 15 is 0 Å². The van der Waals surface area contributed by atoms with E-state index in [1.54, 1.807) is 6.07 Å². The summed E-state index contributed by atoms with van der Waals surface area (Å²) < 4.78 is 5.83. The zero-order chi connectivity index (χ0) is 24.9. The number of carbonyl (C=O) groups is 1. The number of hydrogen-bond donors (Lipinski definition) is 2. The lowest BCUT2D eigenvalue weighted by Gasteiger charge is -2.07. The van der Waals surface area contributed by atoms with Crippen LogP contribution in [0.5, 0.6) is 5.75 Å². The Kier molecular flexibility index (Phi) is 6.78. The molecule has 1 amide bonds. The lowest BCUT2D eigenvalue weighted by molar-refractivity contribution is 0.0950. The molecule has 1 aromatic heterocycles. The summed E-state index contributed by atoms with van der Waals surface area (Å²) >= 11 is 5.92. The first-order valence-electron chi connectivity index (χ1n) is 11.4. The summed E-state index contributed by atoms with van der Waals surface area (Å²) in [5, 5.41) is 14.3. The topological polar surface area (TPSA) is 79.4 Å². The molecule has 7 heteroatoms. The maximum atomic E-state index is 12.6. The van der Waals surface area contributed by atoms with Crippen LogP contribution in [0.1, 0.15) is 28.5 Å². The van der Waals surface area contributed by atoms with Crippen LogP contribution in [0.15, 0.2) is 102 Å². The minimum atomic E-state index is -0.364. The number of nitrogens with zero attached hydrogens (tertiary/aromatic N) is 2. The van der Waals surface area contributed by atoms with Crippen molar-refractivity contribution in [1.82, 2.24) is 15.6 Å². The van der Waals surface area contributed by atoms with Crippen molar-refractivity contribution in [2.75, 3.05) is 0 Å². The quantitative estimate of drug-likeness (QED) is 0.197. The summed E-state index contributed by atoms with van der Waals surface area (Å²) in [6.45, 7) is 2.31. The first-order chi connectivity index (χ1) is 17.5. The molecule has 4 aromatic carbocycles. The standard InChI is InChI=1S/C29H23ClN4O2/c1-19(23-9-8-21-4-2-3-5-24(21)16-23)31-34-29(35)28-17-27(32-33-28)22-10-14-26(15-11-22)36-18-20-6-12-25(30)13-7-20/h2-17H,18H2,1H3,(H,32,33)(H,34,35)/b31-19+. The summed E-state index contributed by atoms with van der Waals surface area (Å²) in [7, 11) is 0. The number of nitrogens with one attached hydrogen (secondary N) is 2. The highest BCUT2D eigenvalue weighted by Gasteiger charge is 2.11. The predicted molar refractivity (Wildman–Crippen MR) is 143 cm³/mol. The zero-order valence-electron chi connectivity index (χ0n) is 19.5. The second-order valence-corrected chi connectivity index (χ2v) is 8.74. The fourth-order valence-corrected chi connectivity index (χ4v) is 3.85. The van der Waals surface area contributed by atoms with Crippen LogP contribution in [0.25, 0.3) is 22.0 Å². The number of ether oxygens (including phenoxy) is 1.